The number of nitro groups is 1. The smallest absolute Gasteiger partial charge is 0.294 e. The zero-order chi connectivity index (χ0) is 21.3. The molecule has 0 spiro atoms. The van der Waals surface area contributed by atoms with E-state index in [0.29, 0.717) is 35.4 Å². The summed E-state index contributed by atoms with van der Waals surface area (Å²) in [6.07, 6.45) is 1.72. The largest absolute Gasteiger partial charge is 0.349 e. The molecule has 1 aliphatic rings. The first kappa shape index (κ1) is 22.3. The minimum absolute atomic E-state index is 0.0744. The van der Waals surface area contributed by atoms with Gasteiger partial charge in [-0.2, -0.15) is 0 Å². The lowest BCUT2D eigenvalue weighted by Gasteiger charge is -2.29. The van der Waals surface area contributed by atoms with Gasteiger partial charge in [0.05, 0.1) is 31.3 Å². The summed E-state index contributed by atoms with van der Waals surface area (Å²) in [6.45, 7) is 5.32. The average molecular weight is 475 g/mol. The summed E-state index contributed by atoms with van der Waals surface area (Å²) in [7, 11) is 2.04. The van der Waals surface area contributed by atoms with E-state index in [1.807, 2.05) is 7.05 Å². The first-order valence-corrected chi connectivity index (χ1v) is 11.3. The lowest BCUT2D eigenvalue weighted by Crippen LogP contribution is -2.43. The molecule has 2 aromatic heterocycles. The number of rotatable bonds is 5. The van der Waals surface area contributed by atoms with Crippen molar-refractivity contribution in [3.8, 4) is 0 Å². The molecule has 0 atom stereocenters. The van der Waals surface area contributed by atoms with Crippen LogP contribution in [0.5, 0.6) is 0 Å². The summed E-state index contributed by atoms with van der Waals surface area (Å²) in [4.78, 5) is 31.0. The maximum absolute atomic E-state index is 12.7. The van der Waals surface area contributed by atoms with Crippen LogP contribution < -0.4 is 5.32 Å². The van der Waals surface area contributed by atoms with Crippen LogP contribution in [0, 0.1) is 24.0 Å². The van der Waals surface area contributed by atoms with Crippen LogP contribution in [0.25, 0.3) is 0 Å². The Kier molecular flexibility index (Phi) is 7.06. The number of aromatic nitrogens is 1. The molecule has 3 heterocycles. The predicted molar refractivity (Wildman–Crippen MR) is 117 cm³/mol. The third kappa shape index (κ3) is 5.03. The Bertz CT molecular complexity index is 933. The van der Waals surface area contributed by atoms with Crippen LogP contribution in [0.2, 0.25) is 10.0 Å². The highest BCUT2D eigenvalue weighted by Crippen LogP contribution is 2.47. The maximum atomic E-state index is 12.7. The number of likely N-dealkylation sites (tertiary alicyclic amines) is 1. The van der Waals surface area contributed by atoms with E-state index in [2.05, 4.69) is 15.2 Å². The number of hydrogen-bond donors (Lipinski definition) is 1. The molecule has 1 saturated heterocycles. The van der Waals surface area contributed by atoms with E-state index in [0.717, 1.165) is 49.0 Å². The summed E-state index contributed by atoms with van der Waals surface area (Å²) in [6, 6.07) is 1.39. The maximum Gasteiger partial charge on any atom is 0.294 e. The molecule has 1 amide bonds. The molecular weight excluding hydrogens is 455 g/mol. The number of aryl methyl sites for hydroxylation is 2. The summed E-state index contributed by atoms with van der Waals surface area (Å²) in [5.74, 6) is -0.293. The molecule has 1 aliphatic heterocycles. The first-order chi connectivity index (χ1) is 13.7. The van der Waals surface area contributed by atoms with Crippen molar-refractivity contribution in [3.05, 3.63) is 42.5 Å². The highest BCUT2D eigenvalue weighted by Gasteiger charge is 2.27. The minimum Gasteiger partial charge on any atom is -0.349 e. The monoisotopic (exact) mass is 474 g/mol. The second kappa shape index (κ2) is 9.18. The molecule has 3 rings (SSSR count). The van der Waals surface area contributed by atoms with Crippen LogP contribution in [-0.4, -0.2) is 46.9 Å². The molecule has 7 nitrogen and oxygen atoms in total. The van der Waals surface area contributed by atoms with Gasteiger partial charge in [-0.25, -0.2) is 0 Å². The fraction of sp³-hybridized carbons (Fsp3) is 0.444. The summed E-state index contributed by atoms with van der Waals surface area (Å²) in [5.41, 5.74) is 1.05. The van der Waals surface area contributed by atoms with Gasteiger partial charge in [0.15, 0.2) is 0 Å². The third-order valence-corrected chi connectivity index (χ3v) is 8.29. The number of halogens is 2. The van der Waals surface area contributed by atoms with Crippen molar-refractivity contribution in [2.24, 2.45) is 0 Å². The predicted octanol–water partition coefficient (Wildman–Crippen LogP) is 4.95. The van der Waals surface area contributed by atoms with Gasteiger partial charge in [-0.3, -0.25) is 19.9 Å². The number of amides is 1. The van der Waals surface area contributed by atoms with Gasteiger partial charge in [0.1, 0.15) is 9.09 Å². The Morgan fingerprint density at radius 1 is 1.31 bits per heavy atom. The van der Waals surface area contributed by atoms with Crippen LogP contribution in [0.15, 0.2) is 15.2 Å². The van der Waals surface area contributed by atoms with E-state index < -0.39 is 4.92 Å². The van der Waals surface area contributed by atoms with Crippen LogP contribution in [0.4, 0.5) is 5.69 Å². The molecule has 0 aromatic carbocycles. The summed E-state index contributed by atoms with van der Waals surface area (Å²) >= 11 is 14.9. The van der Waals surface area contributed by atoms with Gasteiger partial charge < -0.3 is 10.2 Å². The zero-order valence-corrected chi connectivity index (χ0v) is 19.3. The van der Waals surface area contributed by atoms with E-state index in [1.54, 1.807) is 13.8 Å². The second-order valence-corrected chi connectivity index (χ2v) is 10.0. The molecule has 0 unspecified atom stereocenters. The van der Waals surface area contributed by atoms with Crippen molar-refractivity contribution in [1.82, 2.24) is 15.2 Å². The molecule has 2 aromatic rings. The highest BCUT2D eigenvalue weighted by molar-refractivity contribution is 8.01. The number of thiophene rings is 1. The normalized spacial score (nSPS) is 15.5. The standard InChI is InChI=1S/C18H20Cl2N4O3S2/c1-9-14(19)16(15(20)10(2)21-9)29-18-12(24(26)27)8-13(28-18)17(25)22-11-4-6-23(3)7-5-11/h8,11H,4-7H2,1-3H3,(H,22,25). The van der Waals surface area contributed by atoms with Gasteiger partial charge in [-0.1, -0.05) is 35.0 Å². The molecule has 0 radical (unpaired) electrons. The molecule has 1 fully saturated rings. The molecule has 0 saturated carbocycles. The molecule has 0 aliphatic carbocycles. The Labute approximate surface area is 186 Å². The van der Waals surface area contributed by atoms with Gasteiger partial charge in [0.2, 0.25) is 0 Å². The second-order valence-electron chi connectivity index (χ2n) is 6.93. The van der Waals surface area contributed by atoms with Crippen LogP contribution in [0.3, 0.4) is 0 Å². The van der Waals surface area contributed by atoms with Crippen molar-refractivity contribution in [1.29, 1.82) is 0 Å². The molecule has 156 valence electrons. The van der Waals surface area contributed by atoms with E-state index in [1.165, 1.54) is 6.07 Å². The number of carbonyl (C=O) groups is 1. The number of carbonyl (C=O) groups excluding carboxylic acids is 1. The number of nitrogens with one attached hydrogen (secondary N) is 1. The number of pyridine rings is 1. The Balaban J connectivity index is 1.86. The molecule has 1 N–H and O–H groups in total. The fourth-order valence-corrected chi connectivity index (χ4v) is 5.94. The van der Waals surface area contributed by atoms with Crippen LogP contribution >= 0.6 is 46.3 Å². The lowest BCUT2D eigenvalue weighted by molar-refractivity contribution is -0.387. The Hall–Kier alpha value is -1.39. The quantitative estimate of drug-likeness (QED) is 0.486. The van der Waals surface area contributed by atoms with E-state index in [4.69, 9.17) is 23.2 Å². The van der Waals surface area contributed by atoms with Crippen molar-refractivity contribution in [2.45, 2.75) is 41.8 Å². The van der Waals surface area contributed by atoms with Crippen molar-refractivity contribution >= 4 is 57.9 Å². The van der Waals surface area contributed by atoms with Crippen LogP contribution in [0.1, 0.15) is 33.9 Å². The Morgan fingerprint density at radius 3 is 2.45 bits per heavy atom. The van der Waals surface area contributed by atoms with Gasteiger partial charge in [-0.15, -0.1) is 11.3 Å². The molecule has 11 heteroatoms. The van der Waals surface area contributed by atoms with E-state index in [9.17, 15) is 14.9 Å². The summed E-state index contributed by atoms with van der Waals surface area (Å²) in [5, 5.41) is 15.3. The van der Waals surface area contributed by atoms with Gasteiger partial charge in [-0.05, 0) is 46.8 Å². The first-order valence-electron chi connectivity index (χ1n) is 8.95. The summed E-state index contributed by atoms with van der Waals surface area (Å²) < 4.78 is 0.359. The topological polar surface area (TPSA) is 88.4 Å². The molecule has 29 heavy (non-hydrogen) atoms. The number of piperidine rings is 1. The van der Waals surface area contributed by atoms with Crippen molar-refractivity contribution in [2.75, 3.05) is 20.1 Å². The highest BCUT2D eigenvalue weighted by atomic mass is 35.5. The zero-order valence-electron chi connectivity index (χ0n) is 16.1. The van der Waals surface area contributed by atoms with E-state index in [-0.39, 0.29) is 17.6 Å². The minimum atomic E-state index is -0.492. The SMILES string of the molecule is Cc1nc(C)c(Cl)c(Sc2sc(C(=O)NC3CCN(C)CC3)cc2[N+](=O)[O-])c1Cl. The van der Waals surface area contributed by atoms with Crippen molar-refractivity contribution in [3.63, 3.8) is 0 Å². The lowest BCUT2D eigenvalue weighted by atomic mass is 10.1. The van der Waals surface area contributed by atoms with Gasteiger partial charge in [0, 0.05) is 12.1 Å². The third-order valence-electron chi connectivity index (χ3n) is 4.72. The van der Waals surface area contributed by atoms with Gasteiger partial charge in [0.25, 0.3) is 11.6 Å². The van der Waals surface area contributed by atoms with E-state index >= 15 is 0 Å². The molecule has 0 bridgehead atoms. The number of nitrogens with zero attached hydrogens (tertiary/aromatic N) is 3. The van der Waals surface area contributed by atoms with Crippen LogP contribution in [-0.2, 0) is 0 Å². The average Bonchev–Trinajstić information content (AvgIpc) is 3.10. The van der Waals surface area contributed by atoms with Gasteiger partial charge >= 0.3 is 0 Å². The number of hydrogen-bond acceptors (Lipinski definition) is 7. The Morgan fingerprint density at radius 2 is 1.90 bits per heavy atom. The fourth-order valence-electron chi connectivity index (χ4n) is 3.04. The molecular formula is C18H20Cl2N4O3S2. The van der Waals surface area contributed by atoms with Crippen molar-refractivity contribution < 1.29 is 9.72 Å².